The van der Waals surface area contributed by atoms with Crippen LogP contribution in [-0.2, 0) is 0 Å². The molecule has 0 radical (unpaired) electrons. The van der Waals surface area contributed by atoms with Crippen LogP contribution >= 0.6 is 0 Å². The van der Waals surface area contributed by atoms with E-state index in [4.69, 9.17) is 9.72 Å². The van der Waals surface area contributed by atoms with E-state index in [1.165, 1.54) is 31.4 Å². The Kier molecular flexibility index (Phi) is 6.25. The Morgan fingerprint density at radius 2 is 1.77 bits per heavy atom. The van der Waals surface area contributed by atoms with E-state index in [0.717, 1.165) is 51.9 Å². The first kappa shape index (κ1) is 24.9. The van der Waals surface area contributed by atoms with Crippen molar-refractivity contribution >= 4 is 16.7 Å². The van der Waals surface area contributed by atoms with Crippen molar-refractivity contribution in [3.63, 3.8) is 0 Å². The van der Waals surface area contributed by atoms with Crippen LogP contribution in [0.1, 0.15) is 44.9 Å². The molecule has 2 aromatic heterocycles. The first-order valence-electron chi connectivity index (χ1n) is 14.0. The second-order valence-corrected chi connectivity index (χ2v) is 11.5. The van der Waals surface area contributed by atoms with E-state index in [2.05, 4.69) is 24.5 Å². The normalized spacial score (nSPS) is 24.1. The van der Waals surface area contributed by atoms with Gasteiger partial charge in [0, 0.05) is 24.8 Å². The molecular weight excluding hydrogens is 507 g/mol. The molecule has 7 nitrogen and oxygen atoms in total. The lowest BCUT2D eigenvalue weighted by molar-refractivity contribution is -0.0494. The number of anilines is 1. The Balaban J connectivity index is 1.31. The predicted molar refractivity (Wildman–Crippen MR) is 141 cm³/mol. The molecule has 4 fully saturated rings. The van der Waals surface area contributed by atoms with Crippen molar-refractivity contribution < 1.29 is 22.6 Å². The van der Waals surface area contributed by atoms with Crippen LogP contribution in [0.3, 0.4) is 0 Å². The maximum atomic E-state index is 16.2. The summed E-state index contributed by atoms with van der Waals surface area (Å²) in [6, 6.07) is 6.24. The van der Waals surface area contributed by atoms with E-state index in [1.54, 1.807) is 18.3 Å². The fraction of sp³-hybridized carbons (Fsp3) is 0.552. The monoisotopic (exact) mass is 539 g/mol. The zero-order valence-electron chi connectivity index (χ0n) is 21.8. The van der Waals surface area contributed by atoms with Crippen molar-refractivity contribution in [1.29, 1.82) is 0 Å². The number of rotatable bonds is 7. The Morgan fingerprint density at radius 3 is 2.51 bits per heavy atom. The van der Waals surface area contributed by atoms with Crippen molar-refractivity contribution in [3.8, 4) is 23.0 Å². The van der Waals surface area contributed by atoms with Gasteiger partial charge in [-0.05, 0) is 82.0 Å². The van der Waals surface area contributed by atoms with Crippen LogP contribution in [0.15, 0.2) is 30.5 Å². The van der Waals surface area contributed by atoms with Crippen molar-refractivity contribution in [2.24, 2.45) is 11.8 Å². The van der Waals surface area contributed by atoms with Crippen molar-refractivity contribution in [1.82, 2.24) is 19.9 Å². The number of benzene rings is 1. The second kappa shape index (κ2) is 9.80. The highest BCUT2D eigenvalue weighted by atomic mass is 19.3. The van der Waals surface area contributed by atoms with E-state index in [9.17, 15) is 8.78 Å². The van der Waals surface area contributed by atoms with E-state index in [1.807, 2.05) is 0 Å². The topological polar surface area (TPSA) is 63.6 Å². The van der Waals surface area contributed by atoms with Gasteiger partial charge in [-0.3, -0.25) is 9.88 Å². The molecule has 2 unspecified atom stereocenters. The molecular formula is C29H32F3N5O2. The maximum absolute atomic E-state index is 16.2. The Hall–Kier alpha value is -3.14. The van der Waals surface area contributed by atoms with Gasteiger partial charge < -0.3 is 14.4 Å². The fourth-order valence-corrected chi connectivity index (χ4v) is 7.42. The summed E-state index contributed by atoms with van der Waals surface area (Å²) in [6.45, 7) is 1.29. The van der Waals surface area contributed by atoms with Crippen molar-refractivity contribution in [2.75, 3.05) is 37.7 Å². The lowest BCUT2D eigenvalue weighted by Gasteiger charge is -2.34. The summed E-state index contributed by atoms with van der Waals surface area (Å²) in [5, 5.41) is 0.499. The first-order chi connectivity index (χ1) is 19.0. The molecule has 10 heteroatoms. The molecule has 7 rings (SSSR count). The standard InChI is InChI=1S/C29H32F3N5O2/c30-23-24(20-5-1-2-6-22(20)39-27(31)32)33-14-21-25(23)34-28(38-17-29-9-3-11-37(29)12-4-10-29)35-26(21)36-15-18-7-8-19(13-18)16-36/h1-2,5-6,14,18-19,27H,3-4,7-13,15-17H2. The molecule has 2 atom stereocenters. The highest BCUT2D eigenvalue weighted by Gasteiger charge is 2.45. The molecule has 1 saturated carbocycles. The lowest BCUT2D eigenvalue weighted by atomic mass is 9.95. The van der Waals surface area contributed by atoms with Gasteiger partial charge in [-0.2, -0.15) is 18.7 Å². The number of pyridine rings is 1. The molecule has 0 amide bonds. The van der Waals surface area contributed by atoms with Gasteiger partial charge in [0.2, 0.25) is 0 Å². The van der Waals surface area contributed by atoms with Crippen molar-refractivity contribution in [3.05, 3.63) is 36.3 Å². The quantitative estimate of drug-likeness (QED) is 0.383. The molecule has 3 aliphatic heterocycles. The lowest BCUT2D eigenvalue weighted by Crippen LogP contribution is -2.43. The SMILES string of the molecule is Fc1c(-c2ccccc2OC(F)F)ncc2c(N3CC4CCC(C4)C3)nc(OCC34CCCN3CCC4)nc12. The number of hydrogen-bond acceptors (Lipinski definition) is 7. The number of nitrogens with zero attached hydrogens (tertiary/aromatic N) is 5. The van der Waals surface area contributed by atoms with E-state index in [0.29, 0.717) is 29.6 Å². The molecule has 1 aromatic carbocycles. The zero-order chi connectivity index (χ0) is 26.6. The molecule has 0 N–H and O–H groups in total. The number of hydrogen-bond donors (Lipinski definition) is 0. The van der Waals surface area contributed by atoms with Crippen LogP contribution in [0.25, 0.3) is 22.2 Å². The summed E-state index contributed by atoms with van der Waals surface area (Å²) in [5.74, 6) is 0.982. The second-order valence-electron chi connectivity index (χ2n) is 11.5. The van der Waals surface area contributed by atoms with Crippen LogP contribution in [0.5, 0.6) is 11.8 Å². The minimum absolute atomic E-state index is 0.00376. The Morgan fingerprint density at radius 1 is 1.03 bits per heavy atom. The number of piperidine rings is 1. The number of para-hydroxylation sites is 1. The third kappa shape index (κ3) is 4.46. The van der Waals surface area contributed by atoms with Crippen LogP contribution in [-0.4, -0.2) is 64.8 Å². The van der Waals surface area contributed by atoms with E-state index >= 15 is 4.39 Å². The molecule has 5 heterocycles. The summed E-state index contributed by atoms with van der Waals surface area (Å²) in [6.07, 6.45) is 9.61. The van der Waals surface area contributed by atoms with Gasteiger partial charge in [0.25, 0.3) is 0 Å². The van der Waals surface area contributed by atoms with Gasteiger partial charge in [-0.15, -0.1) is 0 Å². The number of fused-ring (bicyclic) bond motifs is 4. The highest BCUT2D eigenvalue weighted by Crippen LogP contribution is 2.42. The minimum Gasteiger partial charge on any atom is -0.461 e. The van der Waals surface area contributed by atoms with Crippen LogP contribution in [0.2, 0.25) is 0 Å². The molecule has 206 valence electrons. The summed E-state index contributed by atoms with van der Waals surface area (Å²) in [4.78, 5) is 18.5. The van der Waals surface area contributed by atoms with Gasteiger partial charge in [-0.1, -0.05) is 12.1 Å². The highest BCUT2D eigenvalue weighted by molar-refractivity contribution is 5.92. The van der Waals surface area contributed by atoms with E-state index < -0.39 is 12.4 Å². The minimum atomic E-state index is -3.04. The smallest absolute Gasteiger partial charge is 0.387 e. The van der Waals surface area contributed by atoms with Crippen molar-refractivity contribution in [2.45, 2.75) is 57.1 Å². The third-order valence-electron chi connectivity index (χ3n) is 9.19. The summed E-state index contributed by atoms with van der Waals surface area (Å²) >= 11 is 0. The average molecular weight is 540 g/mol. The van der Waals surface area contributed by atoms with E-state index in [-0.39, 0.29) is 34.1 Å². The molecule has 3 aromatic rings. The van der Waals surface area contributed by atoms with Gasteiger partial charge in [-0.25, -0.2) is 4.39 Å². The fourth-order valence-electron chi connectivity index (χ4n) is 7.42. The molecule has 3 saturated heterocycles. The van der Waals surface area contributed by atoms with Gasteiger partial charge in [0.05, 0.1) is 10.9 Å². The molecule has 4 aliphatic rings. The number of halogens is 3. The molecule has 1 aliphatic carbocycles. The number of ether oxygens (including phenoxy) is 2. The number of aromatic nitrogens is 3. The Bertz CT molecular complexity index is 1370. The van der Waals surface area contributed by atoms with Crippen LogP contribution in [0.4, 0.5) is 19.0 Å². The molecule has 39 heavy (non-hydrogen) atoms. The van der Waals surface area contributed by atoms with Crippen LogP contribution < -0.4 is 14.4 Å². The summed E-state index contributed by atoms with van der Waals surface area (Å²) in [5.41, 5.74) is 0.125. The molecule has 0 spiro atoms. The van der Waals surface area contributed by atoms with Gasteiger partial charge >= 0.3 is 12.6 Å². The van der Waals surface area contributed by atoms with Crippen LogP contribution in [0, 0.1) is 17.7 Å². The average Bonchev–Trinajstić information content (AvgIpc) is 3.61. The summed E-state index contributed by atoms with van der Waals surface area (Å²) in [7, 11) is 0. The third-order valence-corrected chi connectivity index (χ3v) is 9.19. The zero-order valence-corrected chi connectivity index (χ0v) is 21.8. The van der Waals surface area contributed by atoms with Gasteiger partial charge in [0.15, 0.2) is 5.82 Å². The van der Waals surface area contributed by atoms with Gasteiger partial charge in [0.1, 0.15) is 29.4 Å². The Labute approximate surface area is 225 Å². The molecule has 2 bridgehead atoms. The largest absolute Gasteiger partial charge is 0.461 e. The maximum Gasteiger partial charge on any atom is 0.387 e. The number of alkyl halides is 2. The predicted octanol–water partition coefficient (Wildman–Crippen LogP) is 5.68. The summed E-state index contributed by atoms with van der Waals surface area (Å²) < 4.78 is 53.3. The first-order valence-corrected chi connectivity index (χ1v) is 14.0.